The van der Waals surface area contributed by atoms with Gasteiger partial charge in [0.1, 0.15) is 5.82 Å². The summed E-state index contributed by atoms with van der Waals surface area (Å²) in [6.07, 6.45) is -0.287. The minimum atomic E-state index is -0.287. The third-order valence-electron chi connectivity index (χ3n) is 3.07. The maximum Gasteiger partial charge on any atom is 0.128 e. The summed E-state index contributed by atoms with van der Waals surface area (Å²) in [7, 11) is 0. The Bertz CT molecular complexity index is 574. The van der Waals surface area contributed by atoms with E-state index in [1.165, 1.54) is 6.07 Å². The van der Waals surface area contributed by atoms with Crippen molar-refractivity contribution in [2.24, 2.45) is 5.73 Å². The van der Waals surface area contributed by atoms with E-state index in [0.717, 1.165) is 10.0 Å². The van der Waals surface area contributed by atoms with E-state index >= 15 is 0 Å². The first-order valence-corrected chi connectivity index (χ1v) is 7.24. The molecule has 0 spiro atoms. The van der Waals surface area contributed by atoms with Crippen LogP contribution < -0.4 is 5.73 Å². The Balaban J connectivity index is 2.15. The van der Waals surface area contributed by atoms with Crippen LogP contribution in [0.2, 0.25) is 0 Å². The van der Waals surface area contributed by atoms with Gasteiger partial charge < -0.3 is 10.5 Å². The van der Waals surface area contributed by atoms with Crippen LogP contribution in [-0.2, 0) is 11.3 Å². The lowest BCUT2D eigenvalue weighted by molar-refractivity contribution is 0.0240. The van der Waals surface area contributed by atoms with Gasteiger partial charge in [-0.15, -0.1) is 0 Å². The number of nitrogens with two attached hydrogens (primary N) is 1. The fourth-order valence-electron chi connectivity index (χ4n) is 2.03. The SMILES string of the molecule is CC(N)C(OCc1ccccc1F)c1ccccc1Br. The van der Waals surface area contributed by atoms with Gasteiger partial charge in [0.25, 0.3) is 0 Å². The van der Waals surface area contributed by atoms with Crippen molar-refractivity contribution in [2.75, 3.05) is 0 Å². The van der Waals surface area contributed by atoms with E-state index in [9.17, 15) is 4.39 Å². The zero-order chi connectivity index (χ0) is 14.5. The maximum absolute atomic E-state index is 13.6. The molecule has 0 aliphatic carbocycles. The monoisotopic (exact) mass is 337 g/mol. The second kappa shape index (κ2) is 6.97. The highest BCUT2D eigenvalue weighted by Crippen LogP contribution is 2.28. The molecule has 0 saturated carbocycles. The molecule has 0 aliphatic heterocycles. The molecular weight excluding hydrogens is 321 g/mol. The van der Waals surface area contributed by atoms with E-state index in [2.05, 4.69) is 15.9 Å². The van der Waals surface area contributed by atoms with E-state index < -0.39 is 0 Å². The molecule has 0 amide bonds. The lowest BCUT2D eigenvalue weighted by Crippen LogP contribution is -2.27. The number of hydrogen-bond acceptors (Lipinski definition) is 2. The van der Waals surface area contributed by atoms with Crippen molar-refractivity contribution in [1.82, 2.24) is 0 Å². The molecule has 0 fully saturated rings. The maximum atomic E-state index is 13.6. The van der Waals surface area contributed by atoms with E-state index in [-0.39, 0.29) is 24.6 Å². The van der Waals surface area contributed by atoms with Gasteiger partial charge in [-0.3, -0.25) is 0 Å². The molecule has 2 rings (SSSR count). The van der Waals surface area contributed by atoms with Crippen LogP contribution >= 0.6 is 15.9 Å². The summed E-state index contributed by atoms with van der Waals surface area (Å²) in [5.41, 5.74) is 7.50. The minimum Gasteiger partial charge on any atom is -0.367 e. The van der Waals surface area contributed by atoms with E-state index in [0.29, 0.717) is 5.56 Å². The predicted molar refractivity (Wildman–Crippen MR) is 81.7 cm³/mol. The summed E-state index contributed by atoms with van der Waals surface area (Å²) in [5, 5.41) is 0. The quantitative estimate of drug-likeness (QED) is 0.887. The summed E-state index contributed by atoms with van der Waals surface area (Å²) in [6, 6.07) is 14.2. The van der Waals surface area contributed by atoms with Crippen LogP contribution in [-0.4, -0.2) is 6.04 Å². The van der Waals surface area contributed by atoms with Gasteiger partial charge in [-0.2, -0.15) is 0 Å². The predicted octanol–water partition coefficient (Wildman–Crippen LogP) is 4.19. The Hall–Kier alpha value is -1.23. The lowest BCUT2D eigenvalue weighted by Gasteiger charge is -2.23. The van der Waals surface area contributed by atoms with E-state index in [1.807, 2.05) is 31.2 Å². The van der Waals surface area contributed by atoms with Gasteiger partial charge in [0.05, 0.1) is 12.7 Å². The minimum absolute atomic E-state index is 0.194. The zero-order valence-corrected chi connectivity index (χ0v) is 12.8. The van der Waals surface area contributed by atoms with Crippen LogP contribution in [0.4, 0.5) is 4.39 Å². The largest absolute Gasteiger partial charge is 0.367 e. The normalized spacial score (nSPS) is 14.0. The van der Waals surface area contributed by atoms with E-state index in [4.69, 9.17) is 10.5 Å². The fourth-order valence-corrected chi connectivity index (χ4v) is 2.54. The first-order valence-electron chi connectivity index (χ1n) is 6.44. The number of halogens is 2. The Morgan fingerprint density at radius 3 is 2.45 bits per heavy atom. The van der Waals surface area contributed by atoms with Crippen molar-refractivity contribution >= 4 is 15.9 Å². The summed E-state index contributed by atoms with van der Waals surface area (Å²) in [4.78, 5) is 0. The number of rotatable bonds is 5. The van der Waals surface area contributed by atoms with Gasteiger partial charge in [-0.1, -0.05) is 52.3 Å². The zero-order valence-electron chi connectivity index (χ0n) is 11.2. The highest BCUT2D eigenvalue weighted by Gasteiger charge is 2.19. The smallest absolute Gasteiger partial charge is 0.128 e. The molecule has 2 aromatic rings. The van der Waals surface area contributed by atoms with Gasteiger partial charge in [-0.05, 0) is 24.6 Å². The molecular formula is C16H17BrFNO. The molecule has 2 unspecified atom stereocenters. The molecule has 2 aromatic carbocycles. The molecule has 0 bridgehead atoms. The van der Waals surface area contributed by atoms with Crippen molar-refractivity contribution < 1.29 is 9.13 Å². The Morgan fingerprint density at radius 2 is 1.80 bits per heavy atom. The molecule has 0 saturated heterocycles. The summed E-state index contributed by atoms with van der Waals surface area (Å²) in [5.74, 6) is -0.261. The fraction of sp³-hybridized carbons (Fsp3) is 0.250. The van der Waals surface area contributed by atoms with Gasteiger partial charge >= 0.3 is 0 Å². The molecule has 0 aromatic heterocycles. The van der Waals surface area contributed by atoms with Gasteiger partial charge in [0.2, 0.25) is 0 Å². The third-order valence-corrected chi connectivity index (χ3v) is 3.79. The van der Waals surface area contributed by atoms with Gasteiger partial charge in [0, 0.05) is 16.1 Å². The average Bonchev–Trinajstić information content (AvgIpc) is 2.42. The number of benzene rings is 2. The van der Waals surface area contributed by atoms with Gasteiger partial charge in [0.15, 0.2) is 0 Å². The number of ether oxygens (including phenoxy) is 1. The van der Waals surface area contributed by atoms with Crippen molar-refractivity contribution in [3.8, 4) is 0 Å². The summed E-state index contributed by atoms with van der Waals surface area (Å²) < 4.78 is 20.4. The molecule has 4 heteroatoms. The molecule has 106 valence electrons. The molecule has 20 heavy (non-hydrogen) atoms. The standard InChI is InChI=1S/C16H17BrFNO/c1-11(19)16(13-7-3-4-8-14(13)17)20-10-12-6-2-5-9-15(12)18/h2-9,11,16H,10,19H2,1H3. The van der Waals surface area contributed by atoms with Gasteiger partial charge in [-0.25, -0.2) is 4.39 Å². The van der Waals surface area contributed by atoms with Crippen LogP contribution in [0.3, 0.4) is 0 Å². The Morgan fingerprint density at radius 1 is 1.15 bits per heavy atom. The van der Waals surface area contributed by atoms with E-state index in [1.54, 1.807) is 18.2 Å². The van der Waals surface area contributed by atoms with Crippen LogP contribution in [0.15, 0.2) is 53.0 Å². The Labute approximate surface area is 126 Å². The van der Waals surface area contributed by atoms with Crippen molar-refractivity contribution in [3.05, 3.63) is 69.9 Å². The highest BCUT2D eigenvalue weighted by molar-refractivity contribution is 9.10. The van der Waals surface area contributed by atoms with Crippen LogP contribution in [0.25, 0.3) is 0 Å². The van der Waals surface area contributed by atoms with Crippen molar-refractivity contribution in [2.45, 2.75) is 25.7 Å². The summed E-state index contributed by atoms with van der Waals surface area (Å²) in [6.45, 7) is 2.08. The Kier molecular flexibility index (Phi) is 5.29. The third kappa shape index (κ3) is 3.66. The highest BCUT2D eigenvalue weighted by atomic mass is 79.9. The molecule has 2 nitrogen and oxygen atoms in total. The van der Waals surface area contributed by atoms with Crippen LogP contribution in [0.1, 0.15) is 24.2 Å². The first kappa shape index (κ1) is 15.2. The molecule has 2 atom stereocenters. The topological polar surface area (TPSA) is 35.2 Å². The summed E-state index contributed by atoms with van der Waals surface area (Å²) >= 11 is 3.50. The molecule has 0 heterocycles. The number of hydrogen-bond donors (Lipinski definition) is 1. The molecule has 0 radical (unpaired) electrons. The lowest BCUT2D eigenvalue weighted by atomic mass is 10.0. The first-order chi connectivity index (χ1) is 9.59. The molecule has 0 aliphatic rings. The second-order valence-corrected chi connectivity index (χ2v) is 5.56. The van der Waals surface area contributed by atoms with Crippen molar-refractivity contribution in [3.63, 3.8) is 0 Å². The van der Waals surface area contributed by atoms with Crippen LogP contribution in [0, 0.1) is 5.82 Å². The average molecular weight is 338 g/mol. The van der Waals surface area contributed by atoms with Crippen molar-refractivity contribution in [1.29, 1.82) is 0 Å². The van der Waals surface area contributed by atoms with Crippen LogP contribution in [0.5, 0.6) is 0 Å². The molecule has 2 N–H and O–H groups in total. The second-order valence-electron chi connectivity index (χ2n) is 4.70.